The molecule has 0 N–H and O–H groups in total. The Labute approximate surface area is 207 Å². The van der Waals surface area contributed by atoms with Crippen LogP contribution in [0.4, 0.5) is 5.69 Å². The van der Waals surface area contributed by atoms with Gasteiger partial charge in [-0.25, -0.2) is 4.85 Å². The van der Waals surface area contributed by atoms with Gasteiger partial charge in [0.15, 0.2) is 11.4 Å². The van der Waals surface area contributed by atoms with Crippen molar-refractivity contribution in [1.82, 2.24) is 0 Å². The van der Waals surface area contributed by atoms with Crippen molar-refractivity contribution < 1.29 is 8.98 Å². The van der Waals surface area contributed by atoms with Crippen LogP contribution in [0.1, 0.15) is 37.6 Å². The fourth-order valence-electron chi connectivity index (χ4n) is 5.06. The summed E-state index contributed by atoms with van der Waals surface area (Å²) in [5.74, 6) is 0. The molecule has 0 amide bonds. The van der Waals surface area contributed by atoms with E-state index in [1.807, 2.05) is 30.3 Å². The van der Waals surface area contributed by atoms with Gasteiger partial charge in [-0.3, -0.25) is 0 Å². The monoisotopic (exact) mass is 459 g/mol. The van der Waals surface area contributed by atoms with Gasteiger partial charge in [0.25, 0.3) is 0 Å². The molecule has 3 aromatic carbocycles. The summed E-state index contributed by atoms with van der Waals surface area (Å²) in [7, 11) is 2.14. The molecule has 0 aliphatic heterocycles. The summed E-state index contributed by atoms with van der Waals surface area (Å²) in [6.07, 6.45) is 1.03. The Morgan fingerprint density at radius 1 is 0.886 bits per heavy atom. The molecule has 0 spiro atoms. The lowest BCUT2D eigenvalue weighted by Gasteiger charge is -2.19. The first-order valence-corrected chi connectivity index (χ1v) is 12.1. The zero-order valence-electron chi connectivity index (χ0n) is 21.4. The van der Waals surface area contributed by atoms with E-state index in [1.54, 1.807) is 0 Å². The fraction of sp³-hybridized carbons (Fsp3) is 0.250. The average molecular weight is 460 g/mol. The number of aryl methyl sites for hydroxylation is 1. The summed E-state index contributed by atoms with van der Waals surface area (Å²) in [5, 5.41) is 2.03. The van der Waals surface area contributed by atoms with Crippen LogP contribution in [0.15, 0.2) is 71.1 Å². The van der Waals surface area contributed by atoms with Gasteiger partial charge >= 0.3 is 0 Å². The number of hydrogen-bond donors (Lipinski definition) is 0. The van der Waals surface area contributed by atoms with Gasteiger partial charge in [-0.15, -0.1) is 0 Å². The number of rotatable bonds is 3. The quantitative estimate of drug-likeness (QED) is 0.196. The first-order valence-electron chi connectivity index (χ1n) is 12.1. The minimum Gasteiger partial charge on any atom is -0.455 e. The standard InChI is InChI=1S/C32H31N2O/c1-20-13-15-25-27-18-24(33-6)17-26(22-11-9-8-10-12-22)30(27)35-31(25)29(20)28-16-14-23(19-32(3,4)5)21(2)34(28)7/h8-18H,19H2,1-5,7H3/q+1. The lowest BCUT2D eigenvalue weighted by atomic mass is 9.87. The highest BCUT2D eigenvalue weighted by Gasteiger charge is 2.25. The summed E-state index contributed by atoms with van der Waals surface area (Å²) < 4.78 is 8.98. The van der Waals surface area contributed by atoms with Crippen molar-refractivity contribution >= 4 is 27.6 Å². The summed E-state index contributed by atoms with van der Waals surface area (Å²) in [4.78, 5) is 3.76. The highest BCUT2D eigenvalue weighted by Crippen LogP contribution is 2.42. The number of pyridine rings is 1. The van der Waals surface area contributed by atoms with Crippen molar-refractivity contribution in [2.24, 2.45) is 12.5 Å². The highest BCUT2D eigenvalue weighted by atomic mass is 16.3. The third-order valence-corrected chi connectivity index (χ3v) is 6.90. The maximum absolute atomic E-state index is 7.68. The first kappa shape index (κ1) is 22.9. The zero-order chi connectivity index (χ0) is 24.9. The van der Waals surface area contributed by atoms with Crippen LogP contribution in [-0.4, -0.2) is 0 Å². The molecule has 2 heterocycles. The van der Waals surface area contributed by atoms with Crippen molar-refractivity contribution in [3.05, 3.63) is 95.0 Å². The third-order valence-electron chi connectivity index (χ3n) is 6.90. The fourth-order valence-corrected chi connectivity index (χ4v) is 5.06. The molecule has 0 atom stereocenters. The van der Waals surface area contributed by atoms with Crippen molar-refractivity contribution in [2.75, 3.05) is 0 Å². The van der Waals surface area contributed by atoms with E-state index < -0.39 is 0 Å². The van der Waals surface area contributed by atoms with Gasteiger partial charge in [0.1, 0.15) is 18.2 Å². The molecule has 3 nitrogen and oxygen atoms in total. The molecule has 2 aromatic heterocycles. The molecule has 0 radical (unpaired) electrons. The molecular weight excluding hydrogens is 428 g/mol. The van der Waals surface area contributed by atoms with E-state index in [0.29, 0.717) is 5.69 Å². The highest BCUT2D eigenvalue weighted by molar-refractivity contribution is 6.14. The predicted octanol–water partition coefficient (Wildman–Crippen LogP) is 8.50. The second kappa shape index (κ2) is 8.40. The molecule has 0 fully saturated rings. The lowest BCUT2D eigenvalue weighted by molar-refractivity contribution is -0.667. The van der Waals surface area contributed by atoms with Crippen molar-refractivity contribution in [2.45, 2.75) is 41.0 Å². The Hall–Kier alpha value is -3.90. The molecule has 174 valence electrons. The minimum absolute atomic E-state index is 0.225. The van der Waals surface area contributed by atoms with Crippen LogP contribution in [0.3, 0.4) is 0 Å². The van der Waals surface area contributed by atoms with E-state index in [-0.39, 0.29) is 5.41 Å². The number of aromatic nitrogens is 1. The molecule has 5 aromatic rings. The van der Waals surface area contributed by atoms with E-state index in [1.165, 1.54) is 16.8 Å². The second-order valence-corrected chi connectivity index (χ2v) is 10.7. The van der Waals surface area contributed by atoms with Gasteiger partial charge in [-0.1, -0.05) is 63.2 Å². The van der Waals surface area contributed by atoms with Crippen LogP contribution in [0, 0.1) is 25.8 Å². The number of nitrogens with zero attached hydrogens (tertiary/aromatic N) is 2. The molecular formula is C32H31N2O+. The maximum atomic E-state index is 7.68. The lowest BCUT2D eigenvalue weighted by Crippen LogP contribution is -2.36. The predicted molar refractivity (Wildman–Crippen MR) is 145 cm³/mol. The van der Waals surface area contributed by atoms with Gasteiger partial charge in [-0.2, -0.15) is 4.57 Å². The van der Waals surface area contributed by atoms with Gasteiger partial charge in [-0.05, 0) is 48.1 Å². The van der Waals surface area contributed by atoms with Crippen molar-refractivity contribution in [3.63, 3.8) is 0 Å². The summed E-state index contributed by atoms with van der Waals surface area (Å²) in [5.41, 5.74) is 10.6. The number of benzene rings is 3. The van der Waals surface area contributed by atoms with Gasteiger partial charge in [0, 0.05) is 34.9 Å². The number of hydrogen-bond acceptors (Lipinski definition) is 1. The topological polar surface area (TPSA) is 21.4 Å². The summed E-state index contributed by atoms with van der Waals surface area (Å²) in [6.45, 7) is 18.9. The van der Waals surface area contributed by atoms with Crippen LogP contribution in [0.5, 0.6) is 0 Å². The average Bonchev–Trinajstić information content (AvgIpc) is 3.20. The Kier molecular flexibility index (Phi) is 5.49. The molecule has 0 unspecified atom stereocenters. The maximum Gasteiger partial charge on any atom is 0.216 e. The third kappa shape index (κ3) is 4.00. The number of fused-ring (bicyclic) bond motifs is 3. The second-order valence-electron chi connectivity index (χ2n) is 10.7. The molecule has 0 aliphatic rings. The Bertz CT molecular complexity index is 1630. The van der Waals surface area contributed by atoms with Crippen molar-refractivity contribution in [3.8, 4) is 22.4 Å². The Morgan fingerprint density at radius 2 is 1.63 bits per heavy atom. The van der Waals surface area contributed by atoms with Crippen LogP contribution in [0.2, 0.25) is 0 Å². The summed E-state index contributed by atoms with van der Waals surface area (Å²) in [6, 6.07) is 22.9. The first-order chi connectivity index (χ1) is 16.7. The van der Waals surface area contributed by atoms with Gasteiger partial charge in [0.2, 0.25) is 5.69 Å². The SMILES string of the molecule is [C-]#[N+]c1cc(-c2ccccc2)c2oc3c(-c4ccc(CC(C)(C)C)c(C)[n+]4C)c(C)ccc3c2c1. The van der Waals surface area contributed by atoms with E-state index in [2.05, 4.69) is 87.5 Å². The zero-order valence-corrected chi connectivity index (χ0v) is 21.4. The smallest absolute Gasteiger partial charge is 0.216 e. The normalized spacial score (nSPS) is 11.8. The Morgan fingerprint density at radius 3 is 2.31 bits per heavy atom. The van der Waals surface area contributed by atoms with Crippen LogP contribution in [-0.2, 0) is 13.5 Å². The molecule has 3 heteroatoms. The van der Waals surface area contributed by atoms with Crippen LogP contribution >= 0.6 is 0 Å². The molecule has 0 aliphatic carbocycles. The largest absolute Gasteiger partial charge is 0.455 e. The minimum atomic E-state index is 0.225. The molecule has 0 saturated heterocycles. The van der Waals surface area contributed by atoms with E-state index >= 15 is 0 Å². The van der Waals surface area contributed by atoms with Crippen LogP contribution < -0.4 is 4.57 Å². The molecule has 0 saturated carbocycles. The number of furan rings is 1. The van der Waals surface area contributed by atoms with Gasteiger partial charge < -0.3 is 4.42 Å². The molecule has 5 rings (SSSR count). The van der Waals surface area contributed by atoms with E-state index in [4.69, 9.17) is 11.0 Å². The summed E-state index contributed by atoms with van der Waals surface area (Å²) >= 11 is 0. The Balaban J connectivity index is 1.81. The van der Waals surface area contributed by atoms with Crippen molar-refractivity contribution in [1.29, 1.82) is 0 Å². The van der Waals surface area contributed by atoms with E-state index in [0.717, 1.165) is 50.7 Å². The molecule has 35 heavy (non-hydrogen) atoms. The van der Waals surface area contributed by atoms with Gasteiger partial charge in [0.05, 0.1) is 12.1 Å². The molecule has 0 bridgehead atoms. The van der Waals surface area contributed by atoms with E-state index in [9.17, 15) is 0 Å². The van der Waals surface area contributed by atoms with Crippen LogP contribution in [0.25, 0.3) is 49.2 Å².